The molecule has 0 aromatic heterocycles. The van der Waals surface area contributed by atoms with Gasteiger partial charge in [-0.25, -0.2) is 0 Å². The van der Waals surface area contributed by atoms with Gasteiger partial charge in [0.1, 0.15) is 5.75 Å². The van der Waals surface area contributed by atoms with Crippen LogP contribution in [-0.4, -0.2) is 19.8 Å². The number of anilines is 1. The predicted molar refractivity (Wildman–Crippen MR) is 57.2 cm³/mol. The normalized spacial score (nSPS) is 11.3. The molecule has 0 amide bonds. The zero-order chi connectivity index (χ0) is 12.2. The molecule has 0 bridgehead atoms. The summed E-state index contributed by atoms with van der Waals surface area (Å²) >= 11 is 5.80. The minimum atomic E-state index is -4.17. The van der Waals surface area contributed by atoms with Gasteiger partial charge in [-0.05, 0) is 12.1 Å². The summed E-state index contributed by atoms with van der Waals surface area (Å²) in [4.78, 5) is 0. The van der Waals surface area contributed by atoms with Gasteiger partial charge < -0.3 is 10.1 Å². The Bertz CT molecular complexity index is 354. The lowest BCUT2D eigenvalue weighted by molar-refractivity contribution is -0.131. The van der Waals surface area contributed by atoms with Crippen LogP contribution in [0.25, 0.3) is 0 Å². The maximum atomic E-state index is 11.9. The quantitative estimate of drug-likeness (QED) is 0.883. The van der Waals surface area contributed by atoms with Crippen molar-refractivity contribution in [2.24, 2.45) is 0 Å². The first-order valence-electron chi connectivity index (χ1n) is 4.56. The first-order chi connectivity index (χ1) is 7.42. The van der Waals surface area contributed by atoms with Crippen molar-refractivity contribution in [3.05, 3.63) is 23.2 Å². The highest BCUT2D eigenvalue weighted by Gasteiger charge is 2.26. The van der Waals surface area contributed by atoms with Crippen molar-refractivity contribution in [2.45, 2.75) is 12.6 Å². The molecule has 2 nitrogen and oxygen atoms in total. The molecule has 16 heavy (non-hydrogen) atoms. The van der Waals surface area contributed by atoms with Gasteiger partial charge in [0.25, 0.3) is 0 Å². The number of halogens is 4. The minimum Gasteiger partial charge on any atom is -0.497 e. The summed E-state index contributed by atoms with van der Waals surface area (Å²) in [7, 11) is 1.47. The Morgan fingerprint density at radius 2 is 2.06 bits per heavy atom. The molecule has 1 aromatic carbocycles. The smallest absolute Gasteiger partial charge is 0.390 e. The topological polar surface area (TPSA) is 21.3 Å². The average Bonchev–Trinajstić information content (AvgIpc) is 2.19. The highest BCUT2D eigenvalue weighted by Crippen LogP contribution is 2.27. The summed E-state index contributed by atoms with van der Waals surface area (Å²) in [5.41, 5.74) is 0.435. The standard InChI is InChI=1S/C10H11ClF3NO/c1-16-7-2-3-8(11)9(6-7)15-5-4-10(12,13)14/h2-3,6,15H,4-5H2,1H3. The number of ether oxygens (including phenoxy) is 1. The van der Waals surface area contributed by atoms with Crippen molar-refractivity contribution in [3.63, 3.8) is 0 Å². The van der Waals surface area contributed by atoms with Crippen LogP contribution in [0.3, 0.4) is 0 Å². The van der Waals surface area contributed by atoms with Crippen LogP contribution in [0.4, 0.5) is 18.9 Å². The second kappa shape index (κ2) is 5.30. The van der Waals surface area contributed by atoms with Crippen molar-refractivity contribution >= 4 is 17.3 Å². The van der Waals surface area contributed by atoms with Crippen molar-refractivity contribution in [1.82, 2.24) is 0 Å². The van der Waals surface area contributed by atoms with Gasteiger partial charge in [-0.2, -0.15) is 13.2 Å². The number of hydrogen-bond donors (Lipinski definition) is 1. The molecule has 1 aromatic rings. The van der Waals surface area contributed by atoms with E-state index in [4.69, 9.17) is 16.3 Å². The molecule has 0 saturated carbocycles. The molecule has 0 aliphatic rings. The Morgan fingerprint density at radius 3 is 2.62 bits per heavy atom. The van der Waals surface area contributed by atoms with E-state index in [1.54, 1.807) is 18.2 Å². The van der Waals surface area contributed by atoms with Crippen molar-refractivity contribution < 1.29 is 17.9 Å². The van der Waals surface area contributed by atoms with E-state index in [9.17, 15) is 13.2 Å². The minimum absolute atomic E-state index is 0.212. The highest BCUT2D eigenvalue weighted by atomic mass is 35.5. The Kier molecular flexibility index (Phi) is 4.29. The Morgan fingerprint density at radius 1 is 1.38 bits per heavy atom. The van der Waals surface area contributed by atoms with E-state index in [1.807, 2.05) is 0 Å². The molecule has 90 valence electrons. The lowest BCUT2D eigenvalue weighted by atomic mass is 10.3. The predicted octanol–water partition coefficient (Wildman–Crippen LogP) is 3.71. The fourth-order valence-corrected chi connectivity index (χ4v) is 1.29. The van der Waals surface area contributed by atoms with Crippen LogP contribution >= 0.6 is 11.6 Å². The summed E-state index contributed by atoms with van der Waals surface area (Å²) in [5, 5.41) is 2.98. The summed E-state index contributed by atoms with van der Waals surface area (Å²) in [6.45, 7) is -0.212. The lowest BCUT2D eigenvalue weighted by Crippen LogP contribution is -2.14. The van der Waals surface area contributed by atoms with Crippen LogP contribution in [0.15, 0.2) is 18.2 Å². The molecular weight excluding hydrogens is 243 g/mol. The van der Waals surface area contributed by atoms with Gasteiger partial charge in [0.05, 0.1) is 24.2 Å². The fourth-order valence-electron chi connectivity index (χ4n) is 1.11. The van der Waals surface area contributed by atoms with Gasteiger partial charge in [-0.3, -0.25) is 0 Å². The van der Waals surface area contributed by atoms with E-state index in [-0.39, 0.29) is 6.54 Å². The largest absolute Gasteiger partial charge is 0.497 e. The van der Waals surface area contributed by atoms with E-state index in [1.165, 1.54) is 7.11 Å². The molecule has 0 aliphatic carbocycles. The van der Waals surface area contributed by atoms with E-state index >= 15 is 0 Å². The molecule has 0 saturated heterocycles. The monoisotopic (exact) mass is 253 g/mol. The number of alkyl halides is 3. The van der Waals surface area contributed by atoms with Crippen LogP contribution in [0.1, 0.15) is 6.42 Å². The number of benzene rings is 1. The molecule has 0 spiro atoms. The molecule has 1 N–H and O–H groups in total. The molecule has 0 atom stereocenters. The van der Waals surface area contributed by atoms with Gasteiger partial charge >= 0.3 is 6.18 Å². The molecule has 0 unspecified atom stereocenters. The van der Waals surface area contributed by atoms with Crippen LogP contribution < -0.4 is 10.1 Å². The summed E-state index contributed by atoms with van der Waals surface area (Å²) in [6.07, 6.45) is -5.07. The molecule has 0 fully saturated rings. The highest BCUT2D eigenvalue weighted by molar-refractivity contribution is 6.33. The first kappa shape index (κ1) is 13.0. The second-order valence-corrected chi connectivity index (χ2v) is 3.54. The molecule has 0 aliphatic heterocycles. The van der Waals surface area contributed by atoms with E-state index in [0.29, 0.717) is 16.5 Å². The van der Waals surface area contributed by atoms with Crippen LogP contribution in [0.2, 0.25) is 5.02 Å². The lowest BCUT2D eigenvalue weighted by Gasteiger charge is -2.11. The summed E-state index contributed by atoms with van der Waals surface area (Å²) in [5.74, 6) is 0.541. The van der Waals surface area contributed by atoms with Crippen molar-refractivity contribution in [2.75, 3.05) is 19.0 Å². The Labute approximate surface area is 96.4 Å². The Hall–Kier alpha value is -1.10. The van der Waals surface area contributed by atoms with E-state index in [2.05, 4.69) is 5.32 Å². The molecule has 1 rings (SSSR count). The average molecular weight is 254 g/mol. The third kappa shape index (κ3) is 4.18. The zero-order valence-electron chi connectivity index (χ0n) is 8.57. The van der Waals surface area contributed by atoms with Gasteiger partial charge in [-0.1, -0.05) is 11.6 Å². The second-order valence-electron chi connectivity index (χ2n) is 3.14. The maximum Gasteiger partial charge on any atom is 0.390 e. The van der Waals surface area contributed by atoms with E-state index in [0.717, 1.165) is 0 Å². The summed E-state index contributed by atoms with van der Waals surface area (Å²) < 4.78 is 40.7. The number of rotatable bonds is 4. The SMILES string of the molecule is COc1ccc(Cl)c(NCCC(F)(F)F)c1. The summed E-state index contributed by atoms with van der Waals surface area (Å²) in [6, 6.07) is 4.76. The van der Waals surface area contributed by atoms with E-state index < -0.39 is 12.6 Å². The maximum absolute atomic E-state index is 11.9. The Balaban J connectivity index is 2.59. The zero-order valence-corrected chi connectivity index (χ0v) is 9.32. The number of hydrogen-bond acceptors (Lipinski definition) is 2. The first-order valence-corrected chi connectivity index (χ1v) is 4.94. The van der Waals surface area contributed by atoms with Crippen LogP contribution in [0, 0.1) is 0 Å². The third-order valence-corrected chi connectivity index (χ3v) is 2.23. The van der Waals surface area contributed by atoms with Crippen molar-refractivity contribution in [3.8, 4) is 5.75 Å². The van der Waals surface area contributed by atoms with Gasteiger partial charge in [0.15, 0.2) is 0 Å². The van der Waals surface area contributed by atoms with Crippen LogP contribution in [0.5, 0.6) is 5.75 Å². The van der Waals surface area contributed by atoms with Gasteiger partial charge in [0.2, 0.25) is 0 Å². The molecule has 6 heteroatoms. The molecule has 0 heterocycles. The third-order valence-electron chi connectivity index (χ3n) is 1.90. The van der Waals surface area contributed by atoms with Crippen LogP contribution in [-0.2, 0) is 0 Å². The molecular formula is C10H11ClF3NO. The van der Waals surface area contributed by atoms with Gasteiger partial charge in [-0.15, -0.1) is 0 Å². The number of nitrogens with one attached hydrogen (secondary N) is 1. The fraction of sp³-hybridized carbons (Fsp3) is 0.400. The van der Waals surface area contributed by atoms with Crippen molar-refractivity contribution in [1.29, 1.82) is 0 Å². The van der Waals surface area contributed by atoms with Gasteiger partial charge in [0, 0.05) is 12.6 Å². The number of methoxy groups -OCH3 is 1. The molecule has 0 radical (unpaired) electrons.